The zero-order chi connectivity index (χ0) is 19.2. The molecule has 3 rings (SSSR count). The Kier molecular flexibility index (Phi) is 5.86. The molecule has 140 valence electrons. The number of benzene rings is 2. The predicted molar refractivity (Wildman–Crippen MR) is 102 cm³/mol. The Morgan fingerprint density at radius 2 is 1.81 bits per heavy atom. The first-order valence-electron chi connectivity index (χ1n) is 9.02. The topological polar surface area (TPSA) is 86.7 Å². The van der Waals surface area contributed by atoms with Crippen molar-refractivity contribution in [1.29, 1.82) is 0 Å². The summed E-state index contributed by atoms with van der Waals surface area (Å²) in [5.41, 5.74) is 2.72. The number of nitrogens with zero attached hydrogens (tertiary/aromatic N) is 1. The van der Waals surface area contributed by atoms with Crippen LogP contribution < -0.4 is 10.2 Å². The average molecular weight is 366 g/mol. The van der Waals surface area contributed by atoms with Gasteiger partial charge >= 0.3 is 5.97 Å². The van der Waals surface area contributed by atoms with Crippen LogP contribution in [0.15, 0.2) is 48.5 Å². The van der Waals surface area contributed by atoms with Crippen LogP contribution in [0.5, 0.6) is 0 Å². The number of aryl methyl sites for hydroxylation is 1. The summed E-state index contributed by atoms with van der Waals surface area (Å²) in [6.07, 6.45) is 2.10. The lowest BCUT2D eigenvalue weighted by molar-refractivity contribution is -0.121. The van der Waals surface area contributed by atoms with E-state index in [1.54, 1.807) is 29.2 Å². The van der Waals surface area contributed by atoms with Crippen LogP contribution in [0.4, 0.5) is 5.69 Å². The lowest BCUT2D eigenvalue weighted by Gasteiger charge is -2.16. The van der Waals surface area contributed by atoms with Crippen LogP contribution in [-0.2, 0) is 22.6 Å². The van der Waals surface area contributed by atoms with Gasteiger partial charge in [-0.15, -0.1) is 0 Å². The molecule has 2 amide bonds. The van der Waals surface area contributed by atoms with Crippen molar-refractivity contribution in [1.82, 2.24) is 5.32 Å². The van der Waals surface area contributed by atoms with E-state index < -0.39 is 5.97 Å². The fourth-order valence-corrected chi connectivity index (χ4v) is 3.20. The minimum Gasteiger partial charge on any atom is -0.478 e. The summed E-state index contributed by atoms with van der Waals surface area (Å²) in [5.74, 6) is -0.964. The highest BCUT2D eigenvalue weighted by atomic mass is 16.4. The van der Waals surface area contributed by atoms with Crippen LogP contribution in [-0.4, -0.2) is 29.4 Å². The molecule has 2 aromatic rings. The molecule has 0 saturated carbocycles. The number of carboxylic acids is 1. The first-order valence-corrected chi connectivity index (χ1v) is 9.02. The number of rotatable bonds is 7. The molecule has 0 radical (unpaired) electrons. The highest BCUT2D eigenvalue weighted by Gasteiger charge is 2.21. The number of carbonyl (C=O) groups is 3. The van der Waals surface area contributed by atoms with Crippen molar-refractivity contribution in [2.24, 2.45) is 0 Å². The largest absolute Gasteiger partial charge is 0.478 e. The van der Waals surface area contributed by atoms with Crippen LogP contribution in [0.25, 0.3) is 0 Å². The average Bonchev–Trinajstić information content (AvgIpc) is 3.11. The quantitative estimate of drug-likeness (QED) is 0.789. The first kappa shape index (κ1) is 18.6. The molecule has 1 heterocycles. The number of carboxylic acid groups (broad SMARTS) is 1. The predicted octanol–water partition coefficient (Wildman–Crippen LogP) is 2.76. The van der Waals surface area contributed by atoms with Gasteiger partial charge in [0.2, 0.25) is 11.8 Å². The molecular weight excluding hydrogens is 344 g/mol. The number of carbonyl (C=O) groups excluding carboxylic acids is 2. The third-order valence-corrected chi connectivity index (χ3v) is 4.68. The summed E-state index contributed by atoms with van der Waals surface area (Å²) in [4.78, 5) is 36.8. The van der Waals surface area contributed by atoms with E-state index in [9.17, 15) is 19.5 Å². The van der Waals surface area contributed by atoms with Gasteiger partial charge in [0.1, 0.15) is 0 Å². The van der Waals surface area contributed by atoms with Crippen molar-refractivity contribution >= 4 is 23.5 Å². The highest BCUT2D eigenvalue weighted by molar-refractivity contribution is 5.95. The molecule has 0 bridgehead atoms. The minimum atomic E-state index is -0.984. The van der Waals surface area contributed by atoms with Crippen LogP contribution in [0.2, 0.25) is 0 Å². The van der Waals surface area contributed by atoms with Crippen LogP contribution in [0, 0.1) is 0 Å². The number of nitrogens with one attached hydrogen (secondary N) is 1. The molecule has 2 aromatic carbocycles. The van der Waals surface area contributed by atoms with Gasteiger partial charge in [0.05, 0.1) is 5.56 Å². The van der Waals surface area contributed by atoms with E-state index in [1.807, 2.05) is 24.3 Å². The SMILES string of the molecule is O=C(CCc1ccccc1C(=O)O)NCc1ccc(N2CCCC2=O)cc1. The molecule has 0 spiro atoms. The summed E-state index contributed by atoms with van der Waals surface area (Å²) in [6.45, 7) is 1.15. The Balaban J connectivity index is 1.49. The summed E-state index contributed by atoms with van der Waals surface area (Å²) in [6, 6.07) is 14.3. The molecule has 0 aliphatic carbocycles. The first-order chi connectivity index (χ1) is 13.0. The van der Waals surface area contributed by atoms with Crippen molar-refractivity contribution in [3.63, 3.8) is 0 Å². The molecule has 0 unspecified atom stereocenters. The third-order valence-electron chi connectivity index (χ3n) is 4.68. The Hall–Kier alpha value is -3.15. The molecule has 6 nitrogen and oxygen atoms in total. The van der Waals surface area contributed by atoms with Crippen molar-refractivity contribution in [2.75, 3.05) is 11.4 Å². The van der Waals surface area contributed by atoms with Gasteiger partial charge in [0.15, 0.2) is 0 Å². The Bertz CT molecular complexity index is 846. The summed E-state index contributed by atoms with van der Waals surface area (Å²) in [5, 5.41) is 12.0. The molecule has 0 atom stereocenters. The van der Waals surface area contributed by atoms with Gasteiger partial charge in [-0.1, -0.05) is 30.3 Å². The van der Waals surface area contributed by atoms with E-state index in [-0.39, 0.29) is 23.8 Å². The van der Waals surface area contributed by atoms with Crippen molar-refractivity contribution in [3.05, 3.63) is 65.2 Å². The zero-order valence-corrected chi connectivity index (χ0v) is 15.0. The van der Waals surface area contributed by atoms with Gasteiger partial charge in [-0.05, 0) is 42.2 Å². The Morgan fingerprint density at radius 1 is 1.07 bits per heavy atom. The molecule has 1 aliphatic heterocycles. The monoisotopic (exact) mass is 366 g/mol. The van der Waals surface area contributed by atoms with E-state index in [4.69, 9.17) is 0 Å². The van der Waals surface area contributed by atoms with E-state index in [1.165, 1.54) is 0 Å². The maximum atomic E-state index is 12.1. The Labute approximate surface area is 157 Å². The number of amides is 2. The van der Waals surface area contributed by atoms with E-state index in [0.29, 0.717) is 24.9 Å². The van der Waals surface area contributed by atoms with Gasteiger partial charge in [-0.25, -0.2) is 4.79 Å². The third kappa shape index (κ3) is 4.73. The van der Waals surface area contributed by atoms with Gasteiger partial charge in [-0.2, -0.15) is 0 Å². The standard InChI is InChI=1S/C21H22N2O4/c24-19(12-9-16-4-1-2-5-18(16)21(26)27)22-14-15-7-10-17(11-8-15)23-13-3-6-20(23)25/h1-2,4-5,7-8,10-11H,3,6,9,12-14H2,(H,22,24)(H,26,27). The van der Waals surface area contributed by atoms with Crippen LogP contribution >= 0.6 is 0 Å². The molecule has 1 fully saturated rings. The fourth-order valence-electron chi connectivity index (χ4n) is 3.20. The molecule has 1 aliphatic rings. The summed E-state index contributed by atoms with van der Waals surface area (Å²) < 4.78 is 0. The van der Waals surface area contributed by atoms with Gasteiger partial charge < -0.3 is 15.3 Å². The fraction of sp³-hybridized carbons (Fsp3) is 0.286. The van der Waals surface area contributed by atoms with E-state index >= 15 is 0 Å². The maximum Gasteiger partial charge on any atom is 0.335 e. The molecule has 1 saturated heterocycles. The second kappa shape index (κ2) is 8.49. The summed E-state index contributed by atoms with van der Waals surface area (Å²) in [7, 11) is 0. The number of anilines is 1. The molecule has 2 N–H and O–H groups in total. The lowest BCUT2D eigenvalue weighted by Crippen LogP contribution is -2.24. The smallest absolute Gasteiger partial charge is 0.335 e. The molecule has 27 heavy (non-hydrogen) atoms. The summed E-state index contributed by atoms with van der Waals surface area (Å²) >= 11 is 0. The van der Waals surface area contributed by atoms with E-state index in [0.717, 1.165) is 24.2 Å². The van der Waals surface area contributed by atoms with Gasteiger partial charge in [0.25, 0.3) is 0 Å². The molecular formula is C21H22N2O4. The van der Waals surface area contributed by atoms with Crippen LogP contribution in [0.1, 0.15) is 40.7 Å². The van der Waals surface area contributed by atoms with Crippen molar-refractivity contribution < 1.29 is 19.5 Å². The van der Waals surface area contributed by atoms with Gasteiger partial charge in [0, 0.05) is 31.6 Å². The number of hydrogen-bond acceptors (Lipinski definition) is 3. The highest BCUT2D eigenvalue weighted by Crippen LogP contribution is 2.21. The van der Waals surface area contributed by atoms with Gasteiger partial charge in [-0.3, -0.25) is 9.59 Å². The minimum absolute atomic E-state index is 0.131. The lowest BCUT2D eigenvalue weighted by atomic mass is 10.0. The normalized spacial score (nSPS) is 13.6. The number of aromatic carboxylic acids is 1. The van der Waals surface area contributed by atoms with Crippen molar-refractivity contribution in [3.8, 4) is 0 Å². The molecule has 6 heteroatoms. The zero-order valence-electron chi connectivity index (χ0n) is 15.0. The second-order valence-electron chi connectivity index (χ2n) is 6.55. The number of hydrogen-bond donors (Lipinski definition) is 2. The van der Waals surface area contributed by atoms with E-state index in [2.05, 4.69) is 5.32 Å². The molecule has 0 aromatic heterocycles. The van der Waals surface area contributed by atoms with Crippen molar-refractivity contribution in [2.45, 2.75) is 32.2 Å². The van der Waals surface area contributed by atoms with Crippen LogP contribution in [0.3, 0.4) is 0 Å². The maximum absolute atomic E-state index is 12.1. The Morgan fingerprint density at radius 3 is 2.48 bits per heavy atom. The second-order valence-corrected chi connectivity index (χ2v) is 6.55.